The van der Waals surface area contributed by atoms with E-state index >= 15 is 0 Å². The zero-order chi connectivity index (χ0) is 19.6. The number of carboxylic acids is 2. The van der Waals surface area contributed by atoms with Crippen LogP contribution in [0.1, 0.15) is 52.4 Å². The van der Waals surface area contributed by atoms with Crippen LogP contribution in [-0.4, -0.2) is 32.3 Å². The minimum absolute atomic E-state index is 0.175. The molecule has 0 aliphatic carbocycles. The highest BCUT2D eigenvalue weighted by molar-refractivity contribution is 7.81. The molecule has 3 rings (SSSR count). The minimum Gasteiger partial charge on any atom is -0.478 e. The minimum atomic E-state index is -1.01. The van der Waals surface area contributed by atoms with Crippen LogP contribution in [0, 0.1) is 0 Å². The first kappa shape index (κ1) is 19.4. The normalized spacial score (nSPS) is 13.1. The Kier molecular flexibility index (Phi) is 5.83. The average Bonchev–Trinajstić information content (AvgIpc) is 3.17. The number of aromatic nitrogens is 2. The molecule has 0 fully saturated rings. The number of hydrogen-bond acceptors (Lipinski definition) is 7. The van der Waals surface area contributed by atoms with Crippen molar-refractivity contribution < 1.29 is 19.8 Å². The second kappa shape index (κ2) is 8.12. The lowest BCUT2D eigenvalue weighted by molar-refractivity contribution is 0.0686. The number of thiol groups is 2. The Morgan fingerprint density at radius 2 is 1.22 bits per heavy atom. The second-order valence-corrected chi connectivity index (χ2v) is 7.72. The van der Waals surface area contributed by atoms with Gasteiger partial charge in [-0.25, -0.2) is 9.59 Å². The summed E-state index contributed by atoms with van der Waals surface area (Å²) < 4.78 is 0. The van der Waals surface area contributed by atoms with E-state index in [-0.39, 0.29) is 11.1 Å². The molecule has 0 saturated carbocycles. The summed E-state index contributed by atoms with van der Waals surface area (Å²) in [5.41, 5.74) is 1.75. The molecule has 2 N–H and O–H groups in total. The summed E-state index contributed by atoms with van der Waals surface area (Å²) in [5.74, 6) is -2.02. The Hall–Kier alpha value is -2.36. The molecular weight excluding hydrogens is 404 g/mol. The van der Waals surface area contributed by atoms with Gasteiger partial charge in [0.1, 0.15) is 10.0 Å². The van der Waals surface area contributed by atoms with Crippen molar-refractivity contribution in [3.05, 3.63) is 80.8 Å². The highest BCUT2D eigenvalue weighted by atomic mass is 32.1. The third kappa shape index (κ3) is 4.32. The Morgan fingerprint density at radius 3 is 1.59 bits per heavy atom. The number of aromatic carboxylic acids is 2. The van der Waals surface area contributed by atoms with Gasteiger partial charge in [0.15, 0.2) is 0 Å². The van der Waals surface area contributed by atoms with E-state index in [9.17, 15) is 9.59 Å². The van der Waals surface area contributed by atoms with E-state index in [1.165, 1.54) is 23.5 Å². The standard InChI is InChI=1S/C18H14N2O4S3/c21-17(22)11-5-1-3-9(7-11)13(25)15-19-20-16(27-15)14(26)10-4-2-6-12(8-10)18(23)24/h1-8,13-14,25-26H,(H,21,22)(H,23,24). The molecule has 27 heavy (non-hydrogen) atoms. The zero-order valence-corrected chi connectivity index (χ0v) is 16.3. The number of nitrogens with zero attached hydrogens (tertiary/aromatic N) is 2. The molecule has 0 radical (unpaired) electrons. The third-order valence-electron chi connectivity index (χ3n) is 3.82. The van der Waals surface area contributed by atoms with Gasteiger partial charge in [-0.1, -0.05) is 35.6 Å². The maximum absolute atomic E-state index is 11.1. The summed E-state index contributed by atoms with van der Waals surface area (Å²) in [6.07, 6.45) is 0. The lowest BCUT2D eigenvalue weighted by atomic mass is 10.1. The van der Waals surface area contributed by atoms with Crippen LogP contribution < -0.4 is 0 Å². The van der Waals surface area contributed by atoms with Crippen molar-refractivity contribution in [3.63, 3.8) is 0 Å². The van der Waals surface area contributed by atoms with Gasteiger partial charge >= 0.3 is 11.9 Å². The van der Waals surface area contributed by atoms with Gasteiger partial charge in [-0.15, -0.1) is 10.2 Å². The summed E-state index contributed by atoms with van der Waals surface area (Å²) in [6.45, 7) is 0. The maximum Gasteiger partial charge on any atom is 0.335 e. The predicted octanol–water partition coefficient (Wildman–Crippen LogP) is 3.97. The van der Waals surface area contributed by atoms with Gasteiger partial charge in [0.2, 0.25) is 0 Å². The number of benzene rings is 2. The molecule has 9 heteroatoms. The second-order valence-electron chi connectivity index (χ2n) is 5.64. The highest BCUT2D eigenvalue weighted by Gasteiger charge is 2.21. The van der Waals surface area contributed by atoms with E-state index in [1.807, 2.05) is 0 Å². The molecule has 1 heterocycles. The molecule has 2 atom stereocenters. The maximum atomic E-state index is 11.1. The summed E-state index contributed by atoms with van der Waals surface area (Å²) in [6, 6.07) is 13.0. The van der Waals surface area contributed by atoms with Crippen LogP contribution in [0.25, 0.3) is 0 Å². The summed E-state index contributed by atoms with van der Waals surface area (Å²) in [4.78, 5) is 22.3. The Labute approximate surface area is 169 Å². The molecule has 3 aromatic rings. The number of hydrogen-bond donors (Lipinski definition) is 4. The van der Waals surface area contributed by atoms with E-state index in [2.05, 4.69) is 35.5 Å². The van der Waals surface area contributed by atoms with Crippen LogP contribution in [0.5, 0.6) is 0 Å². The van der Waals surface area contributed by atoms with Crippen molar-refractivity contribution in [3.8, 4) is 0 Å². The first-order valence-corrected chi connectivity index (χ1v) is 9.57. The Balaban J connectivity index is 1.86. The van der Waals surface area contributed by atoms with E-state index in [0.717, 1.165) is 0 Å². The fourth-order valence-corrected chi connectivity index (χ4v) is 4.05. The van der Waals surface area contributed by atoms with Gasteiger partial charge in [-0.3, -0.25) is 0 Å². The fourth-order valence-electron chi connectivity index (χ4n) is 2.44. The topological polar surface area (TPSA) is 100 Å². The van der Waals surface area contributed by atoms with Crippen molar-refractivity contribution >= 4 is 48.5 Å². The van der Waals surface area contributed by atoms with Gasteiger partial charge in [-0.2, -0.15) is 25.3 Å². The largest absolute Gasteiger partial charge is 0.478 e. The molecule has 0 spiro atoms. The van der Waals surface area contributed by atoms with E-state index in [4.69, 9.17) is 10.2 Å². The molecule has 6 nitrogen and oxygen atoms in total. The predicted molar refractivity (Wildman–Crippen MR) is 108 cm³/mol. The van der Waals surface area contributed by atoms with Crippen molar-refractivity contribution in [1.82, 2.24) is 10.2 Å². The molecule has 138 valence electrons. The van der Waals surface area contributed by atoms with Crippen LogP contribution in [0.4, 0.5) is 0 Å². The smallest absolute Gasteiger partial charge is 0.335 e. The third-order valence-corrected chi connectivity index (χ3v) is 6.31. The SMILES string of the molecule is O=C(O)c1cccc(C(S)c2nnc(C(S)c3cccc(C(=O)O)c3)s2)c1. The monoisotopic (exact) mass is 418 g/mol. The first-order valence-electron chi connectivity index (χ1n) is 7.72. The lowest BCUT2D eigenvalue weighted by Crippen LogP contribution is -1.99. The molecule has 0 bridgehead atoms. The van der Waals surface area contributed by atoms with Gasteiger partial charge in [-0.05, 0) is 35.4 Å². The van der Waals surface area contributed by atoms with Crippen molar-refractivity contribution in [1.29, 1.82) is 0 Å². The van der Waals surface area contributed by atoms with Crippen LogP contribution in [0.3, 0.4) is 0 Å². The molecule has 0 aliphatic heterocycles. The quantitative estimate of drug-likeness (QED) is 0.452. The van der Waals surface area contributed by atoms with Gasteiger partial charge < -0.3 is 10.2 Å². The number of carbonyl (C=O) groups is 2. The molecule has 0 aliphatic rings. The summed E-state index contributed by atoms with van der Waals surface area (Å²) in [5, 5.41) is 26.9. The van der Waals surface area contributed by atoms with Crippen molar-refractivity contribution in [2.75, 3.05) is 0 Å². The van der Waals surface area contributed by atoms with Crippen LogP contribution in [0.15, 0.2) is 48.5 Å². The summed E-state index contributed by atoms with van der Waals surface area (Å²) >= 11 is 10.4. The van der Waals surface area contributed by atoms with Crippen molar-refractivity contribution in [2.45, 2.75) is 10.5 Å². The highest BCUT2D eigenvalue weighted by Crippen LogP contribution is 2.36. The van der Waals surface area contributed by atoms with Crippen molar-refractivity contribution in [2.24, 2.45) is 0 Å². The Bertz CT molecular complexity index is 928. The van der Waals surface area contributed by atoms with E-state index in [0.29, 0.717) is 21.1 Å². The van der Waals surface area contributed by atoms with E-state index < -0.39 is 22.4 Å². The molecule has 2 unspecified atom stereocenters. The molecular formula is C18H14N2O4S3. The average molecular weight is 419 g/mol. The fraction of sp³-hybridized carbons (Fsp3) is 0.111. The number of rotatable bonds is 6. The molecule has 0 amide bonds. The lowest BCUT2D eigenvalue weighted by Gasteiger charge is -2.09. The summed E-state index contributed by atoms with van der Waals surface area (Å²) in [7, 11) is 0. The van der Waals surface area contributed by atoms with Crippen LogP contribution in [-0.2, 0) is 0 Å². The Morgan fingerprint density at radius 1 is 0.815 bits per heavy atom. The van der Waals surface area contributed by atoms with Gasteiger partial charge in [0, 0.05) is 0 Å². The molecule has 2 aromatic carbocycles. The molecule has 0 saturated heterocycles. The van der Waals surface area contributed by atoms with Gasteiger partial charge in [0.05, 0.1) is 21.6 Å². The van der Waals surface area contributed by atoms with Gasteiger partial charge in [0.25, 0.3) is 0 Å². The molecule has 1 aromatic heterocycles. The van der Waals surface area contributed by atoms with Crippen LogP contribution in [0.2, 0.25) is 0 Å². The first-order chi connectivity index (χ1) is 12.9. The van der Waals surface area contributed by atoms with E-state index in [1.54, 1.807) is 36.4 Å². The van der Waals surface area contributed by atoms with Crippen LogP contribution >= 0.6 is 36.6 Å². The number of carboxylic acid groups (broad SMARTS) is 2. The zero-order valence-electron chi connectivity index (χ0n) is 13.7.